The summed E-state index contributed by atoms with van der Waals surface area (Å²) < 4.78 is 40.0. The fourth-order valence-corrected chi connectivity index (χ4v) is 1.98. The van der Waals surface area contributed by atoms with Crippen molar-refractivity contribution in [3.63, 3.8) is 0 Å². The summed E-state index contributed by atoms with van der Waals surface area (Å²) >= 11 is 5.95. The third-order valence-corrected chi connectivity index (χ3v) is 3.19. The highest BCUT2D eigenvalue weighted by Crippen LogP contribution is 2.27. The smallest absolute Gasteiger partial charge is 0.306 e. The van der Waals surface area contributed by atoms with Crippen LogP contribution in [-0.2, 0) is 13.5 Å². The molecule has 0 spiro atoms. The van der Waals surface area contributed by atoms with E-state index in [1.54, 1.807) is 14.0 Å². The topological polar surface area (TPSA) is 29.9 Å². The standard InChI is InChI=1S/C11H17ClF3N3/c1-4-5-16-9(11(13,14)15)6-8-7(2)17-18(3)10(8)12/h9,16H,4-6H2,1-3H3. The maximum Gasteiger partial charge on any atom is 0.404 e. The van der Waals surface area contributed by atoms with E-state index in [0.717, 1.165) is 0 Å². The number of aryl methyl sites for hydroxylation is 2. The monoisotopic (exact) mass is 283 g/mol. The summed E-state index contributed by atoms with van der Waals surface area (Å²) in [6, 6.07) is -1.59. The minimum atomic E-state index is -4.29. The molecule has 0 saturated carbocycles. The molecule has 0 amide bonds. The van der Waals surface area contributed by atoms with Gasteiger partial charge < -0.3 is 5.32 Å². The zero-order valence-corrected chi connectivity index (χ0v) is 11.4. The summed E-state index contributed by atoms with van der Waals surface area (Å²) in [5, 5.41) is 6.78. The zero-order valence-electron chi connectivity index (χ0n) is 10.6. The van der Waals surface area contributed by atoms with E-state index in [4.69, 9.17) is 11.6 Å². The molecule has 1 atom stereocenters. The van der Waals surface area contributed by atoms with Crippen molar-refractivity contribution in [2.75, 3.05) is 6.54 Å². The van der Waals surface area contributed by atoms with E-state index < -0.39 is 12.2 Å². The Bertz CT molecular complexity index is 401. The van der Waals surface area contributed by atoms with Gasteiger partial charge in [0.2, 0.25) is 0 Å². The number of nitrogens with zero attached hydrogens (tertiary/aromatic N) is 2. The lowest BCUT2D eigenvalue weighted by Crippen LogP contribution is -2.44. The van der Waals surface area contributed by atoms with Crippen LogP contribution in [0.2, 0.25) is 5.15 Å². The number of halogens is 4. The van der Waals surface area contributed by atoms with E-state index in [1.165, 1.54) is 4.68 Å². The van der Waals surface area contributed by atoms with Crippen molar-refractivity contribution in [3.8, 4) is 0 Å². The fourth-order valence-electron chi connectivity index (χ4n) is 1.73. The predicted octanol–water partition coefficient (Wildman–Crippen LogP) is 2.85. The largest absolute Gasteiger partial charge is 0.404 e. The molecule has 1 heterocycles. The molecule has 104 valence electrons. The molecular formula is C11H17ClF3N3. The van der Waals surface area contributed by atoms with Crippen molar-refractivity contribution in [3.05, 3.63) is 16.4 Å². The predicted molar refractivity (Wildman–Crippen MR) is 64.8 cm³/mol. The maximum atomic E-state index is 12.9. The Hall–Kier alpha value is -0.750. The van der Waals surface area contributed by atoms with Crippen LogP contribution < -0.4 is 5.32 Å². The van der Waals surface area contributed by atoms with Gasteiger partial charge in [0.05, 0.1) is 5.69 Å². The van der Waals surface area contributed by atoms with Gasteiger partial charge in [0.15, 0.2) is 0 Å². The second kappa shape index (κ2) is 5.93. The Morgan fingerprint density at radius 2 is 2.06 bits per heavy atom. The van der Waals surface area contributed by atoms with Gasteiger partial charge in [0.25, 0.3) is 0 Å². The second-order valence-corrected chi connectivity index (χ2v) is 4.59. The molecule has 1 aromatic rings. The molecule has 1 N–H and O–H groups in total. The van der Waals surface area contributed by atoms with Crippen LogP contribution in [0.25, 0.3) is 0 Å². The molecule has 7 heteroatoms. The summed E-state index contributed by atoms with van der Waals surface area (Å²) in [6.45, 7) is 3.80. The lowest BCUT2D eigenvalue weighted by Gasteiger charge is -2.21. The quantitative estimate of drug-likeness (QED) is 0.900. The van der Waals surface area contributed by atoms with E-state index in [1.807, 2.05) is 6.92 Å². The summed E-state index contributed by atoms with van der Waals surface area (Å²) in [6.07, 6.45) is -3.84. The minimum Gasteiger partial charge on any atom is -0.306 e. The molecule has 0 bridgehead atoms. The molecule has 0 aliphatic rings. The van der Waals surface area contributed by atoms with Crippen LogP contribution >= 0.6 is 11.6 Å². The molecule has 1 unspecified atom stereocenters. The van der Waals surface area contributed by atoms with Crippen molar-refractivity contribution in [2.45, 2.75) is 38.9 Å². The highest BCUT2D eigenvalue weighted by atomic mass is 35.5. The first-order chi connectivity index (χ1) is 8.27. The summed E-state index contributed by atoms with van der Waals surface area (Å²) in [7, 11) is 1.61. The summed E-state index contributed by atoms with van der Waals surface area (Å²) in [4.78, 5) is 0. The van der Waals surface area contributed by atoms with E-state index in [0.29, 0.717) is 24.2 Å². The van der Waals surface area contributed by atoms with Crippen molar-refractivity contribution in [2.24, 2.45) is 7.05 Å². The molecule has 18 heavy (non-hydrogen) atoms. The van der Waals surface area contributed by atoms with Crippen molar-refractivity contribution in [1.29, 1.82) is 0 Å². The van der Waals surface area contributed by atoms with E-state index in [9.17, 15) is 13.2 Å². The molecule has 0 aromatic carbocycles. The van der Waals surface area contributed by atoms with Crippen LogP contribution in [0.15, 0.2) is 0 Å². The third-order valence-electron chi connectivity index (χ3n) is 2.71. The van der Waals surface area contributed by atoms with Gasteiger partial charge in [-0.2, -0.15) is 18.3 Å². The number of hydrogen-bond donors (Lipinski definition) is 1. The highest BCUT2D eigenvalue weighted by molar-refractivity contribution is 6.30. The van der Waals surface area contributed by atoms with Gasteiger partial charge in [0, 0.05) is 19.0 Å². The average molecular weight is 284 g/mol. The first-order valence-corrected chi connectivity index (χ1v) is 6.13. The van der Waals surface area contributed by atoms with Crippen LogP contribution in [0, 0.1) is 6.92 Å². The van der Waals surface area contributed by atoms with Gasteiger partial charge in [0.1, 0.15) is 11.2 Å². The molecule has 0 aliphatic heterocycles. The second-order valence-electron chi connectivity index (χ2n) is 4.23. The SMILES string of the molecule is CCCNC(Cc1c(C)nn(C)c1Cl)C(F)(F)F. The van der Waals surface area contributed by atoms with Crippen LogP contribution in [0.5, 0.6) is 0 Å². The van der Waals surface area contributed by atoms with Gasteiger partial charge in [-0.25, -0.2) is 0 Å². The molecule has 1 aromatic heterocycles. The molecule has 0 aliphatic carbocycles. The lowest BCUT2D eigenvalue weighted by molar-refractivity contribution is -0.155. The van der Waals surface area contributed by atoms with Crippen LogP contribution in [0.1, 0.15) is 24.6 Å². The maximum absolute atomic E-state index is 12.9. The molecule has 0 fully saturated rings. The number of nitrogens with one attached hydrogen (secondary N) is 1. The van der Waals surface area contributed by atoms with E-state index in [2.05, 4.69) is 10.4 Å². The number of rotatable bonds is 5. The normalized spacial score (nSPS) is 13.9. The molecule has 0 radical (unpaired) electrons. The third kappa shape index (κ3) is 3.62. The van der Waals surface area contributed by atoms with Crippen molar-refractivity contribution < 1.29 is 13.2 Å². The molecule has 3 nitrogen and oxygen atoms in total. The van der Waals surface area contributed by atoms with Crippen LogP contribution in [0.3, 0.4) is 0 Å². The number of hydrogen-bond acceptors (Lipinski definition) is 2. The summed E-state index contributed by atoms with van der Waals surface area (Å²) in [5.74, 6) is 0. The Balaban J connectivity index is 2.89. The highest BCUT2D eigenvalue weighted by Gasteiger charge is 2.40. The Kier molecular flexibility index (Phi) is 5.04. The van der Waals surface area contributed by atoms with Gasteiger partial charge in [-0.3, -0.25) is 4.68 Å². The molecule has 0 saturated heterocycles. The average Bonchev–Trinajstić information content (AvgIpc) is 2.48. The van der Waals surface area contributed by atoms with Gasteiger partial charge >= 0.3 is 6.18 Å². The number of aromatic nitrogens is 2. The fraction of sp³-hybridized carbons (Fsp3) is 0.727. The number of alkyl halides is 3. The van der Waals surface area contributed by atoms with Gasteiger partial charge in [-0.15, -0.1) is 0 Å². The Labute approximate surface area is 109 Å². The van der Waals surface area contributed by atoms with Crippen molar-refractivity contribution in [1.82, 2.24) is 15.1 Å². The van der Waals surface area contributed by atoms with Crippen molar-refractivity contribution >= 4 is 11.6 Å². The van der Waals surface area contributed by atoms with E-state index in [-0.39, 0.29) is 11.6 Å². The Morgan fingerprint density at radius 3 is 2.44 bits per heavy atom. The van der Waals surface area contributed by atoms with Gasteiger partial charge in [-0.1, -0.05) is 18.5 Å². The van der Waals surface area contributed by atoms with E-state index >= 15 is 0 Å². The summed E-state index contributed by atoms with van der Waals surface area (Å²) in [5.41, 5.74) is 0.986. The first-order valence-electron chi connectivity index (χ1n) is 5.75. The van der Waals surface area contributed by atoms with Crippen LogP contribution in [0.4, 0.5) is 13.2 Å². The minimum absolute atomic E-state index is 0.192. The first kappa shape index (κ1) is 15.3. The lowest BCUT2D eigenvalue weighted by atomic mass is 10.1. The molecular weight excluding hydrogens is 267 g/mol. The Morgan fingerprint density at radius 1 is 1.44 bits per heavy atom. The van der Waals surface area contributed by atoms with Crippen LogP contribution in [-0.4, -0.2) is 28.5 Å². The zero-order chi connectivity index (χ0) is 13.9. The molecule has 1 rings (SSSR count). The van der Waals surface area contributed by atoms with Gasteiger partial charge in [-0.05, 0) is 19.9 Å².